The smallest absolute Gasteiger partial charge is 0.135 e. The summed E-state index contributed by atoms with van der Waals surface area (Å²) in [6.07, 6.45) is 0. The topological polar surface area (TPSA) is 13.1 Å². The standard InChI is InChI=1S/C34H11B9O/c35-25-23(26(36)29(39)31(41)28(25)38)18-11-7-13-5-9-16-14(8-4-12-6-10-17(18)21(13)20(12)16)15-2-1-3-19-22(15)24-27(37)30(40)32(42)33(43)34(24)44-19/h1-11H. The number of fused-ring (bicyclic) bond motifs is 3. The summed E-state index contributed by atoms with van der Waals surface area (Å²) in [4.78, 5) is 0. The SMILES string of the molecule is [B]c1c([B])c([B])c(-c2ccc3ccc4c(-c5cccc6oc7c([B])c([B])c([B])c([B])c7c56)ccc5ccc2c3c54)c([B])c1[B]. The van der Waals surface area contributed by atoms with Crippen LogP contribution in [0.4, 0.5) is 0 Å². The largest absolute Gasteiger partial charge is 0.457 e. The van der Waals surface area contributed by atoms with Crippen LogP contribution in [0, 0.1) is 0 Å². The fourth-order valence-electron chi connectivity index (χ4n) is 6.76. The van der Waals surface area contributed by atoms with Gasteiger partial charge in [0.25, 0.3) is 0 Å². The summed E-state index contributed by atoms with van der Waals surface area (Å²) in [5.41, 5.74) is 6.53. The van der Waals surface area contributed by atoms with Gasteiger partial charge in [-0.25, -0.2) is 0 Å². The van der Waals surface area contributed by atoms with Gasteiger partial charge in [-0.3, -0.25) is 0 Å². The van der Waals surface area contributed by atoms with Gasteiger partial charge in [-0.2, -0.15) is 0 Å². The molecule has 0 N–H and O–H groups in total. The molecule has 1 nitrogen and oxygen atoms in total. The Bertz CT molecular complexity index is 2520. The molecular weight excluding hydrogens is 522 g/mol. The molecule has 0 saturated carbocycles. The van der Waals surface area contributed by atoms with Crippen molar-refractivity contribution in [3.8, 4) is 22.3 Å². The van der Waals surface area contributed by atoms with Crippen LogP contribution in [0.2, 0.25) is 0 Å². The first-order valence-corrected chi connectivity index (χ1v) is 13.9. The minimum Gasteiger partial charge on any atom is -0.457 e. The highest BCUT2D eigenvalue weighted by atomic mass is 16.3. The highest BCUT2D eigenvalue weighted by Gasteiger charge is 2.21. The van der Waals surface area contributed by atoms with Gasteiger partial charge >= 0.3 is 0 Å². The zero-order valence-electron chi connectivity index (χ0n) is 23.5. The van der Waals surface area contributed by atoms with E-state index in [1.807, 2.05) is 30.3 Å². The van der Waals surface area contributed by atoms with Gasteiger partial charge in [0.15, 0.2) is 0 Å². The first kappa shape index (κ1) is 27.5. The summed E-state index contributed by atoms with van der Waals surface area (Å²) in [5, 5.41) is 7.69. The Hall–Kier alpha value is -4.04. The van der Waals surface area contributed by atoms with Crippen molar-refractivity contribution in [2.24, 2.45) is 0 Å². The molecule has 7 aromatic carbocycles. The van der Waals surface area contributed by atoms with Crippen molar-refractivity contribution < 1.29 is 4.42 Å². The predicted molar refractivity (Wildman–Crippen MR) is 197 cm³/mol. The van der Waals surface area contributed by atoms with Crippen LogP contribution in [-0.2, 0) is 0 Å². The average Bonchev–Trinajstić information content (AvgIpc) is 3.44. The molecule has 1 aromatic heterocycles. The van der Waals surface area contributed by atoms with Gasteiger partial charge in [0.05, 0.1) is 0 Å². The lowest BCUT2D eigenvalue weighted by molar-refractivity contribution is 0.672. The molecule has 8 rings (SSSR count). The molecule has 0 aliphatic carbocycles. The zero-order valence-corrected chi connectivity index (χ0v) is 23.5. The molecular formula is C34H11B9O. The maximum atomic E-state index is 6.54. The minimum absolute atomic E-state index is 0.180. The minimum atomic E-state index is 0.180. The number of benzene rings is 7. The molecule has 0 unspecified atom stereocenters. The summed E-state index contributed by atoms with van der Waals surface area (Å²) in [7, 11) is 56.9. The average molecular weight is 533 g/mol. The molecule has 0 aliphatic rings. The molecule has 8 aromatic rings. The van der Waals surface area contributed by atoms with Gasteiger partial charge in [-0.15, -0.1) is 27.3 Å². The van der Waals surface area contributed by atoms with Crippen LogP contribution in [0.3, 0.4) is 0 Å². The third-order valence-electron chi connectivity index (χ3n) is 9.02. The monoisotopic (exact) mass is 534 g/mol. The molecule has 0 bridgehead atoms. The number of rotatable bonds is 2. The molecule has 0 saturated heterocycles. The van der Waals surface area contributed by atoms with Crippen molar-refractivity contribution in [2.45, 2.75) is 0 Å². The highest BCUT2D eigenvalue weighted by Crippen LogP contribution is 2.44. The van der Waals surface area contributed by atoms with Crippen LogP contribution in [0.5, 0.6) is 0 Å². The van der Waals surface area contributed by atoms with Crippen molar-refractivity contribution in [1.82, 2.24) is 0 Å². The molecule has 0 amide bonds. The van der Waals surface area contributed by atoms with Crippen LogP contribution in [0.25, 0.3) is 76.5 Å². The van der Waals surface area contributed by atoms with Gasteiger partial charge in [0, 0.05) is 10.8 Å². The van der Waals surface area contributed by atoms with Crippen molar-refractivity contribution in [1.29, 1.82) is 0 Å². The van der Waals surface area contributed by atoms with Crippen LogP contribution in [0.1, 0.15) is 0 Å². The van der Waals surface area contributed by atoms with Gasteiger partial charge in [0.2, 0.25) is 0 Å². The highest BCUT2D eigenvalue weighted by molar-refractivity contribution is 6.69. The van der Waals surface area contributed by atoms with Crippen molar-refractivity contribution in [3.63, 3.8) is 0 Å². The van der Waals surface area contributed by atoms with Crippen molar-refractivity contribution in [2.75, 3.05) is 0 Å². The Labute approximate surface area is 266 Å². The van der Waals surface area contributed by atoms with Gasteiger partial charge in [-0.1, -0.05) is 82.5 Å². The van der Waals surface area contributed by atoms with E-state index in [2.05, 4.69) is 36.4 Å². The second-order valence-corrected chi connectivity index (χ2v) is 11.2. The molecule has 0 aliphatic heterocycles. The lowest BCUT2D eigenvalue weighted by Gasteiger charge is -2.23. The summed E-state index contributed by atoms with van der Waals surface area (Å²) in [6, 6.07) is 22.5. The van der Waals surface area contributed by atoms with E-state index < -0.39 is 0 Å². The van der Waals surface area contributed by atoms with E-state index in [0.29, 0.717) is 38.5 Å². The fraction of sp³-hybridized carbons (Fsp3) is 0. The van der Waals surface area contributed by atoms with Gasteiger partial charge < -0.3 is 4.42 Å². The first-order chi connectivity index (χ1) is 21.1. The summed E-state index contributed by atoms with van der Waals surface area (Å²) in [6.45, 7) is 0. The van der Waals surface area contributed by atoms with Gasteiger partial charge in [0.1, 0.15) is 81.8 Å². The first-order valence-electron chi connectivity index (χ1n) is 13.9. The summed E-state index contributed by atoms with van der Waals surface area (Å²) >= 11 is 0. The number of hydrogen-bond donors (Lipinski definition) is 0. The van der Waals surface area contributed by atoms with Crippen LogP contribution >= 0.6 is 0 Å². The van der Waals surface area contributed by atoms with E-state index in [1.165, 1.54) is 0 Å². The lowest BCUT2D eigenvalue weighted by Crippen LogP contribution is -2.55. The Kier molecular flexibility index (Phi) is 5.93. The Morgan fingerprint density at radius 2 is 0.864 bits per heavy atom. The normalized spacial score (nSPS) is 12.0. The van der Waals surface area contributed by atoms with E-state index in [0.717, 1.165) is 54.4 Å². The molecule has 10 heteroatoms. The third-order valence-corrected chi connectivity index (χ3v) is 9.02. The van der Waals surface area contributed by atoms with Crippen molar-refractivity contribution in [3.05, 3.63) is 66.7 Å². The number of hydrogen-bond acceptors (Lipinski definition) is 1. The number of furan rings is 1. The van der Waals surface area contributed by atoms with Crippen LogP contribution in [0.15, 0.2) is 71.1 Å². The Morgan fingerprint density at radius 3 is 1.50 bits per heavy atom. The second-order valence-electron chi connectivity index (χ2n) is 11.2. The molecule has 180 valence electrons. The van der Waals surface area contributed by atoms with E-state index in [-0.39, 0.29) is 32.8 Å². The second kappa shape index (κ2) is 9.48. The molecule has 0 fully saturated rings. The maximum Gasteiger partial charge on any atom is 0.135 e. The lowest BCUT2D eigenvalue weighted by atomic mass is 9.59. The van der Waals surface area contributed by atoms with E-state index in [9.17, 15) is 0 Å². The molecule has 0 atom stereocenters. The Balaban J connectivity index is 1.49. The fourth-order valence-corrected chi connectivity index (χ4v) is 6.76. The maximum absolute atomic E-state index is 6.54. The predicted octanol–water partition coefficient (Wildman–Crippen LogP) is -1.04. The van der Waals surface area contributed by atoms with Crippen LogP contribution in [-0.4, -0.2) is 70.6 Å². The van der Waals surface area contributed by atoms with Crippen molar-refractivity contribution >= 4 is 174 Å². The molecule has 44 heavy (non-hydrogen) atoms. The van der Waals surface area contributed by atoms with E-state index in [1.54, 1.807) is 0 Å². The summed E-state index contributed by atoms with van der Waals surface area (Å²) in [5.74, 6) is 0. The zero-order chi connectivity index (χ0) is 30.8. The van der Waals surface area contributed by atoms with E-state index >= 15 is 0 Å². The third kappa shape index (κ3) is 3.49. The molecule has 18 radical (unpaired) electrons. The van der Waals surface area contributed by atoms with E-state index in [4.69, 9.17) is 75.0 Å². The molecule has 0 spiro atoms. The van der Waals surface area contributed by atoms with Crippen LogP contribution < -0.4 is 49.2 Å². The Morgan fingerprint density at radius 1 is 0.364 bits per heavy atom. The van der Waals surface area contributed by atoms with Gasteiger partial charge in [-0.05, 0) is 60.6 Å². The quantitative estimate of drug-likeness (QED) is 0.205. The summed E-state index contributed by atoms with van der Waals surface area (Å²) < 4.78 is 6.21. The molecule has 1 heterocycles.